The molecule has 1 aliphatic heterocycles. The Labute approximate surface area is 157 Å². The Kier molecular flexibility index (Phi) is 7.01. The first-order valence-electron chi connectivity index (χ1n) is 8.15. The molecule has 0 saturated carbocycles. The molecule has 0 unspecified atom stereocenters. The number of nitrogens with one attached hydrogen (secondary N) is 1. The Bertz CT molecular complexity index is 754. The molecule has 0 spiro atoms. The number of hydrogen-bond donors (Lipinski definition) is 3. The lowest BCUT2D eigenvalue weighted by molar-refractivity contribution is -0.142. The summed E-state index contributed by atoms with van der Waals surface area (Å²) in [5.74, 6) is -2.52. The summed E-state index contributed by atoms with van der Waals surface area (Å²) < 4.78 is 39.5. The first-order valence-corrected chi connectivity index (χ1v) is 10.2. The van der Waals surface area contributed by atoms with E-state index in [2.05, 4.69) is 17.9 Å². The highest BCUT2D eigenvalue weighted by atomic mass is 32.2. The maximum absolute atomic E-state index is 13.0. The van der Waals surface area contributed by atoms with Gasteiger partial charge in [0.1, 0.15) is 11.9 Å². The van der Waals surface area contributed by atoms with Gasteiger partial charge in [-0.3, -0.25) is 4.79 Å². The quantitative estimate of drug-likeness (QED) is 0.591. The molecule has 0 bridgehead atoms. The highest BCUT2D eigenvalue weighted by Gasteiger charge is 2.34. The van der Waals surface area contributed by atoms with Crippen LogP contribution in [0.1, 0.15) is 19.3 Å². The van der Waals surface area contributed by atoms with Gasteiger partial charge in [-0.15, -0.1) is 0 Å². The lowest BCUT2D eigenvalue weighted by Gasteiger charge is -2.31. The van der Waals surface area contributed by atoms with Gasteiger partial charge in [-0.1, -0.05) is 0 Å². The zero-order chi connectivity index (χ0) is 19.3. The maximum atomic E-state index is 13.0. The SMILES string of the molecule is O=C(N[C@@H](CCS)C(=O)O)[C@H]1CCCN(S(=O)(=O)c2ccc(F)cc2)C1. The number of halogens is 1. The largest absolute Gasteiger partial charge is 0.480 e. The molecule has 0 aromatic heterocycles. The lowest BCUT2D eigenvalue weighted by Crippen LogP contribution is -2.49. The zero-order valence-corrected chi connectivity index (χ0v) is 15.7. The number of piperidine rings is 1. The fraction of sp³-hybridized carbons (Fsp3) is 0.500. The number of amides is 1. The van der Waals surface area contributed by atoms with Crippen molar-refractivity contribution in [2.24, 2.45) is 5.92 Å². The van der Waals surface area contributed by atoms with E-state index in [-0.39, 0.29) is 24.4 Å². The van der Waals surface area contributed by atoms with Crippen molar-refractivity contribution in [2.45, 2.75) is 30.2 Å². The van der Waals surface area contributed by atoms with Gasteiger partial charge in [0.25, 0.3) is 0 Å². The number of carbonyl (C=O) groups excluding carboxylic acids is 1. The molecule has 2 N–H and O–H groups in total. The summed E-state index contributed by atoms with van der Waals surface area (Å²) in [7, 11) is -3.84. The van der Waals surface area contributed by atoms with Crippen LogP contribution in [0.5, 0.6) is 0 Å². The van der Waals surface area contributed by atoms with Crippen molar-refractivity contribution >= 4 is 34.5 Å². The van der Waals surface area contributed by atoms with Crippen LogP contribution < -0.4 is 5.32 Å². The third-order valence-electron chi connectivity index (χ3n) is 4.24. The topological polar surface area (TPSA) is 104 Å². The van der Waals surface area contributed by atoms with Gasteiger partial charge in [0.05, 0.1) is 10.8 Å². The van der Waals surface area contributed by atoms with E-state index < -0.39 is 39.7 Å². The van der Waals surface area contributed by atoms with E-state index in [1.807, 2.05) is 0 Å². The molecular formula is C16H21FN2O5S2. The van der Waals surface area contributed by atoms with Crippen LogP contribution in [0.4, 0.5) is 4.39 Å². The number of carboxylic acid groups (broad SMARTS) is 1. The van der Waals surface area contributed by atoms with E-state index in [4.69, 9.17) is 5.11 Å². The molecule has 0 aliphatic carbocycles. The predicted octanol–water partition coefficient (Wildman–Crippen LogP) is 1.12. The summed E-state index contributed by atoms with van der Waals surface area (Å²) in [6, 6.07) is 3.44. The van der Waals surface area contributed by atoms with Crippen molar-refractivity contribution in [1.82, 2.24) is 9.62 Å². The van der Waals surface area contributed by atoms with Gasteiger partial charge in [0, 0.05) is 13.1 Å². The maximum Gasteiger partial charge on any atom is 0.326 e. The number of hydrogen-bond acceptors (Lipinski definition) is 5. The van der Waals surface area contributed by atoms with Crippen molar-refractivity contribution in [2.75, 3.05) is 18.8 Å². The third-order valence-corrected chi connectivity index (χ3v) is 6.38. The van der Waals surface area contributed by atoms with Gasteiger partial charge >= 0.3 is 5.97 Å². The van der Waals surface area contributed by atoms with E-state index >= 15 is 0 Å². The Balaban J connectivity index is 2.09. The summed E-state index contributed by atoms with van der Waals surface area (Å²) >= 11 is 3.97. The molecule has 7 nitrogen and oxygen atoms in total. The first-order chi connectivity index (χ1) is 12.3. The summed E-state index contributed by atoms with van der Waals surface area (Å²) in [4.78, 5) is 23.5. The van der Waals surface area contributed by atoms with Crippen LogP contribution in [0.3, 0.4) is 0 Å². The van der Waals surface area contributed by atoms with Crippen molar-refractivity contribution in [3.63, 3.8) is 0 Å². The van der Waals surface area contributed by atoms with Crippen LogP contribution in [-0.4, -0.2) is 54.6 Å². The second-order valence-corrected chi connectivity index (χ2v) is 8.45. The summed E-state index contributed by atoms with van der Waals surface area (Å²) in [6.07, 6.45) is 1.12. The minimum absolute atomic E-state index is 0.0429. The Morgan fingerprint density at radius 3 is 2.58 bits per heavy atom. The molecule has 144 valence electrons. The number of nitrogens with zero attached hydrogens (tertiary/aromatic N) is 1. The summed E-state index contributed by atoms with van der Waals surface area (Å²) in [5.41, 5.74) is 0. The fourth-order valence-corrected chi connectivity index (χ4v) is 4.59. The molecule has 2 atom stereocenters. The molecular weight excluding hydrogens is 383 g/mol. The minimum Gasteiger partial charge on any atom is -0.480 e. The van der Waals surface area contributed by atoms with Crippen LogP contribution in [-0.2, 0) is 19.6 Å². The monoisotopic (exact) mass is 404 g/mol. The third kappa shape index (κ3) is 4.95. The molecule has 26 heavy (non-hydrogen) atoms. The zero-order valence-electron chi connectivity index (χ0n) is 14.0. The van der Waals surface area contributed by atoms with E-state index in [0.717, 1.165) is 12.1 Å². The fourth-order valence-electron chi connectivity index (χ4n) is 2.81. The highest BCUT2D eigenvalue weighted by Crippen LogP contribution is 2.24. The molecule has 10 heteroatoms. The number of thiol groups is 1. The Morgan fingerprint density at radius 2 is 2.00 bits per heavy atom. The number of carboxylic acids is 1. The number of carbonyl (C=O) groups is 2. The van der Waals surface area contributed by atoms with Crippen molar-refractivity contribution in [1.29, 1.82) is 0 Å². The molecule has 1 aromatic rings. The van der Waals surface area contributed by atoms with Crippen LogP contribution in [0, 0.1) is 11.7 Å². The van der Waals surface area contributed by atoms with Crippen LogP contribution in [0.15, 0.2) is 29.2 Å². The van der Waals surface area contributed by atoms with Gasteiger partial charge in [0.15, 0.2) is 0 Å². The first kappa shape index (κ1) is 20.7. The van der Waals surface area contributed by atoms with Crippen molar-refractivity contribution < 1.29 is 27.5 Å². The summed E-state index contributed by atoms with van der Waals surface area (Å²) in [6.45, 7) is 0.210. The van der Waals surface area contributed by atoms with Crippen LogP contribution >= 0.6 is 12.6 Å². The van der Waals surface area contributed by atoms with E-state index in [1.54, 1.807) is 0 Å². The smallest absolute Gasteiger partial charge is 0.326 e. The standard InChI is InChI=1S/C16H21FN2O5S2/c17-12-3-5-13(6-4-12)26(23,24)19-8-1-2-11(10-19)15(20)18-14(7-9-25)16(21)22/h3-6,11,14,25H,1-2,7-10H2,(H,18,20)(H,21,22)/t11-,14-/m0/s1. The average molecular weight is 404 g/mol. The molecule has 1 amide bonds. The minimum atomic E-state index is -3.84. The van der Waals surface area contributed by atoms with E-state index in [9.17, 15) is 22.4 Å². The van der Waals surface area contributed by atoms with Gasteiger partial charge in [-0.05, 0) is 49.3 Å². The second-order valence-electron chi connectivity index (χ2n) is 6.07. The molecule has 1 saturated heterocycles. The number of aliphatic carboxylic acids is 1. The number of benzene rings is 1. The molecule has 1 fully saturated rings. The normalized spacial score (nSPS) is 19.7. The summed E-state index contributed by atoms with van der Waals surface area (Å²) in [5, 5.41) is 11.6. The number of sulfonamides is 1. The Hall–Kier alpha value is -1.65. The second kappa shape index (κ2) is 8.83. The van der Waals surface area contributed by atoms with E-state index in [1.165, 1.54) is 16.4 Å². The van der Waals surface area contributed by atoms with Gasteiger partial charge in [-0.25, -0.2) is 17.6 Å². The van der Waals surface area contributed by atoms with Gasteiger partial charge in [-0.2, -0.15) is 16.9 Å². The molecule has 1 aliphatic rings. The van der Waals surface area contributed by atoms with Crippen LogP contribution in [0.25, 0.3) is 0 Å². The Morgan fingerprint density at radius 1 is 1.35 bits per heavy atom. The molecule has 1 heterocycles. The average Bonchev–Trinajstić information content (AvgIpc) is 2.61. The molecule has 2 rings (SSSR count). The molecule has 0 radical (unpaired) electrons. The van der Waals surface area contributed by atoms with Gasteiger partial charge in [0.2, 0.25) is 15.9 Å². The molecule has 1 aromatic carbocycles. The van der Waals surface area contributed by atoms with Crippen LogP contribution in [0.2, 0.25) is 0 Å². The van der Waals surface area contributed by atoms with Crippen molar-refractivity contribution in [3.8, 4) is 0 Å². The lowest BCUT2D eigenvalue weighted by atomic mass is 9.98. The van der Waals surface area contributed by atoms with E-state index in [0.29, 0.717) is 18.6 Å². The predicted molar refractivity (Wildman–Crippen MR) is 95.9 cm³/mol. The van der Waals surface area contributed by atoms with Crippen molar-refractivity contribution in [3.05, 3.63) is 30.1 Å². The van der Waals surface area contributed by atoms with Gasteiger partial charge < -0.3 is 10.4 Å². The number of rotatable bonds is 7. The highest BCUT2D eigenvalue weighted by molar-refractivity contribution is 7.89.